The Bertz CT molecular complexity index is 425. The summed E-state index contributed by atoms with van der Waals surface area (Å²) in [4.78, 5) is 0. The molecule has 0 saturated carbocycles. The molecule has 20 heavy (non-hydrogen) atoms. The van der Waals surface area contributed by atoms with Gasteiger partial charge in [-0.15, -0.1) is 0 Å². The van der Waals surface area contributed by atoms with Crippen molar-refractivity contribution >= 4 is 10.2 Å². The summed E-state index contributed by atoms with van der Waals surface area (Å²) in [5.41, 5.74) is 5.41. The van der Waals surface area contributed by atoms with Crippen molar-refractivity contribution in [3.8, 4) is 0 Å². The zero-order valence-electron chi connectivity index (χ0n) is 12.5. The summed E-state index contributed by atoms with van der Waals surface area (Å²) in [5.74, 6) is 0.284. The van der Waals surface area contributed by atoms with E-state index in [-0.39, 0.29) is 17.6 Å². The molecule has 0 radical (unpaired) electrons. The van der Waals surface area contributed by atoms with Gasteiger partial charge < -0.3 is 10.5 Å². The molecule has 6 nitrogen and oxygen atoms in total. The summed E-state index contributed by atoms with van der Waals surface area (Å²) in [5, 5.41) is 0. The topological polar surface area (TPSA) is 84.7 Å². The summed E-state index contributed by atoms with van der Waals surface area (Å²) in [6, 6.07) is -0.0398. The van der Waals surface area contributed by atoms with Gasteiger partial charge in [0.2, 0.25) is 0 Å². The van der Waals surface area contributed by atoms with Crippen molar-refractivity contribution in [1.82, 2.24) is 9.03 Å². The van der Waals surface area contributed by atoms with E-state index < -0.39 is 10.2 Å². The Labute approximate surface area is 122 Å². The highest BCUT2D eigenvalue weighted by Gasteiger charge is 2.34. The quantitative estimate of drug-likeness (QED) is 0.790. The number of hydrogen-bond donors (Lipinski definition) is 2. The van der Waals surface area contributed by atoms with Crippen LogP contribution >= 0.6 is 0 Å². The van der Waals surface area contributed by atoms with Crippen LogP contribution in [0.15, 0.2) is 0 Å². The molecule has 0 aliphatic carbocycles. The summed E-state index contributed by atoms with van der Waals surface area (Å²) in [6.07, 6.45) is 3.35. The molecule has 0 aromatic heterocycles. The molecule has 0 amide bonds. The van der Waals surface area contributed by atoms with Gasteiger partial charge in [-0.2, -0.15) is 17.4 Å². The summed E-state index contributed by atoms with van der Waals surface area (Å²) < 4.78 is 34.9. The standard InChI is InChI=1S/C13H27N3O3S/c1-13(2)8-12(5-7-19-13)15-20(17,18)16-6-3-4-11(9-14)10-16/h11-12,15H,3-10,14H2,1-2H3. The van der Waals surface area contributed by atoms with Crippen LogP contribution in [0, 0.1) is 5.92 Å². The highest BCUT2D eigenvalue weighted by atomic mass is 32.2. The number of piperidine rings is 1. The van der Waals surface area contributed by atoms with E-state index in [2.05, 4.69) is 4.72 Å². The molecule has 2 rings (SSSR count). The van der Waals surface area contributed by atoms with Gasteiger partial charge in [-0.25, -0.2) is 0 Å². The average molecular weight is 305 g/mol. The third kappa shape index (κ3) is 4.14. The number of hydrogen-bond acceptors (Lipinski definition) is 4. The molecule has 2 aliphatic heterocycles. The van der Waals surface area contributed by atoms with E-state index in [0.29, 0.717) is 32.7 Å². The lowest BCUT2D eigenvalue weighted by molar-refractivity contribution is -0.0601. The van der Waals surface area contributed by atoms with E-state index in [4.69, 9.17) is 10.5 Å². The zero-order chi connectivity index (χ0) is 14.8. The molecule has 2 heterocycles. The Kier molecular flexibility index (Phi) is 5.07. The second kappa shape index (κ2) is 6.27. The van der Waals surface area contributed by atoms with Crippen molar-refractivity contribution in [2.24, 2.45) is 11.7 Å². The summed E-state index contributed by atoms with van der Waals surface area (Å²) in [7, 11) is -3.40. The highest BCUT2D eigenvalue weighted by Crippen LogP contribution is 2.25. The molecular formula is C13H27N3O3S. The predicted octanol–water partition coefficient (Wildman–Crippen LogP) is 0.449. The SMILES string of the molecule is CC1(C)CC(NS(=O)(=O)N2CCCC(CN)C2)CCO1. The van der Waals surface area contributed by atoms with Gasteiger partial charge in [0.25, 0.3) is 10.2 Å². The normalized spacial score (nSPS) is 32.1. The number of nitrogens with zero attached hydrogens (tertiary/aromatic N) is 1. The lowest BCUT2D eigenvalue weighted by atomic mass is 9.95. The number of ether oxygens (including phenoxy) is 1. The van der Waals surface area contributed by atoms with E-state index in [1.807, 2.05) is 13.8 Å². The Hall–Kier alpha value is -0.210. The van der Waals surface area contributed by atoms with E-state index in [0.717, 1.165) is 19.3 Å². The van der Waals surface area contributed by atoms with Crippen LogP contribution < -0.4 is 10.5 Å². The fourth-order valence-corrected chi connectivity index (χ4v) is 4.60. The van der Waals surface area contributed by atoms with Gasteiger partial charge in [0.1, 0.15) is 0 Å². The molecule has 0 aromatic rings. The molecule has 2 saturated heterocycles. The van der Waals surface area contributed by atoms with Crippen LogP contribution in [-0.4, -0.2) is 50.6 Å². The minimum atomic E-state index is -3.40. The molecule has 7 heteroatoms. The van der Waals surface area contributed by atoms with Crippen molar-refractivity contribution in [1.29, 1.82) is 0 Å². The van der Waals surface area contributed by atoms with Crippen LogP contribution in [0.5, 0.6) is 0 Å². The largest absolute Gasteiger partial charge is 0.375 e. The summed E-state index contributed by atoms with van der Waals surface area (Å²) in [6.45, 7) is 6.29. The molecule has 0 bridgehead atoms. The van der Waals surface area contributed by atoms with Crippen LogP contribution in [0.1, 0.15) is 39.5 Å². The number of nitrogens with two attached hydrogens (primary N) is 1. The fraction of sp³-hybridized carbons (Fsp3) is 1.00. The maximum atomic E-state index is 12.5. The fourth-order valence-electron chi connectivity index (χ4n) is 3.06. The zero-order valence-corrected chi connectivity index (χ0v) is 13.3. The van der Waals surface area contributed by atoms with E-state index in [9.17, 15) is 8.42 Å². The number of nitrogens with one attached hydrogen (secondary N) is 1. The Morgan fingerprint density at radius 1 is 1.40 bits per heavy atom. The predicted molar refractivity (Wildman–Crippen MR) is 78.5 cm³/mol. The Balaban J connectivity index is 1.96. The van der Waals surface area contributed by atoms with E-state index in [1.54, 1.807) is 4.31 Å². The lowest BCUT2D eigenvalue weighted by Crippen LogP contribution is -2.52. The van der Waals surface area contributed by atoms with Crippen molar-refractivity contribution in [3.63, 3.8) is 0 Å². The first-order chi connectivity index (χ1) is 9.32. The van der Waals surface area contributed by atoms with Crippen molar-refractivity contribution in [2.75, 3.05) is 26.2 Å². The average Bonchev–Trinajstić information content (AvgIpc) is 2.37. The van der Waals surface area contributed by atoms with Crippen LogP contribution in [0.25, 0.3) is 0 Å². The first kappa shape index (κ1) is 16.2. The molecular weight excluding hydrogens is 278 g/mol. The smallest absolute Gasteiger partial charge is 0.279 e. The van der Waals surface area contributed by atoms with E-state index >= 15 is 0 Å². The van der Waals surface area contributed by atoms with E-state index in [1.165, 1.54) is 0 Å². The van der Waals surface area contributed by atoms with Gasteiger partial charge in [0.05, 0.1) is 5.60 Å². The molecule has 0 spiro atoms. The molecule has 118 valence electrons. The van der Waals surface area contributed by atoms with Gasteiger partial charge in [0, 0.05) is 25.7 Å². The molecule has 2 aliphatic rings. The van der Waals surface area contributed by atoms with Crippen molar-refractivity contribution in [2.45, 2.75) is 51.2 Å². The van der Waals surface area contributed by atoms with Gasteiger partial charge >= 0.3 is 0 Å². The lowest BCUT2D eigenvalue weighted by Gasteiger charge is -2.37. The van der Waals surface area contributed by atoms with Crippen LogP contribution in [0.4, 0.5) is 0 Å². The van der Waals surface area contributed by atoms with Crippen LogP contribution in [-0.2, 0) is 14.9 Å². The van der Waals surface area contributed by atoms with Crippen LogP contribution in [0.2, 0.25) is 0 Å². The maximum absolute atomic E-state index is 12.5. The Morgan fingerprint density at radius 3 is 2.80 bits per heavy atom. The second-order valence-corrected chi connectivity index (χ2v) is 8.22. The Morgan fingerprint density at radius 2 is 2.15 bits per heavy atom. The van der Waals surface area contributed by atoms with Gasteiger partial charge in [0.15, 0.2) is 0 Å². The van der Waals surface area contributed by atoms with Crippen LogP contribution in [0.3, 0.4) is 0 Å². The summed E-state index contributed by atoms with van der Waals surface area (Å²) >= 11 is 0. The molecule has 2 unspecified atom stereocenters. The maximum Gasteiger partial charge on any atom is 0.279 e. The molecule has 3 N–H and O–H groups in total. The van der Waals surface area contributed by atoms with Crippen molar-refractivity contribution in [3.05, 3.63) is 0 Å². The monoisotopic (exact) mass is 305 g/mol. The molecule has 0 aromatic carbocycles. The first-order valence-electron chi connectivity index (χ1n) is 7.44. The van der Waals surface area contributed by atoms with Gasteiger partial charge in [-0.05, 0) is 52.0 Å². The van der Waals surface area contributed by atoms with Crippen molar-refractivity contribution < 1.29 is 13.2 Å². The third-order valence-corrected chi connectivity index (χ3v) is 5.81. The highest BCUT2D eigenvalue weighted by molar-refractivity contribution is 7.87. The van der Waals surface area contributed by atoms with Gasteiger partial charge in [-0.1, -0.05) is 0 Å². The minimum Gasteiger partial charge on any atom is -0.375 e. The molecule has 2 atom stereocenters. The van der Waals surface area contributed by atoms with Gasteiger partial charge in [-0.3, -0.25) is 0 Å². The third-order valence-electron chi connectivity index (χ3n) is 4.17. The minimum absolute atomic E-state index is 0.0398. The second-order valence-electron chi connectivity index (χ2n) is 6.52. The first-order valence-corrected chi connectivity index (χ1v) is 8.88. The number of rotatable bonds is 4. The molecule has 2 fully saturated rings.